The molecule has 0 N–H and O–H groups in total. The molecule has 0 bridgehead atoms. The van der Waals surface area contributed by atoms with Crippen LogP contribution in [0.2, 0.25) is 0 Å². The monoisotopic (exact) mass is 1180 g/mol. The highest BCUT2D eigenvalue weighted by molar-refractivity contribution is 7.69. The van der Waals surface area contributed by atoms with E-state index in [-0.39, 0.29) is 35.5 Å². The van der Waals surface area contributed by atoms with Gasteiger partial charge in [-0.3, -0.25) is 14.4 Å². The van der Waals surface area contributed by atoms with E-state index in [0.29, 0.717) is 75.8 Å². The molecule has 3 atom stereocenters. The molecule has 81 heavy (non-hydrogen) atoms. The van der Waals surface area contributed by atoms with Crippen LogP contribution in [-0.4, -0.2) is 71.7 Å². The summed E-state index contributed by atoms with van der Waals surface area (Å²) in [6.07, 6.45) is 1.71. The molecular formula is C66H108N3O9P3. The van der Waals surface area contributed by atoms with Crippen molar-refractivity contribution in [2.24, 2.45) is 17.8 Å². The number of carbonyl (C=O) groups excluding carboxylic acids is 3. The van der Waals surface area contributed by atoms with Crippen LogP contribution in [-0.2, 0) is 79.1 Å². The summed E-state index contributed by atoms with van der Waals surface area (Å²) in [5, 5.41) is 0. The lowest BCUT2D eigenvalue weighted by Gasteiger charge is -2.37. The number of benzene rings is 3. The molecule has 1 fully saturated rings. The van der Waals surface area contributed by atoms with Gasteiger partial charge in [0.05, 0.1) is 0 Å². The number of hydrogen-bond acceptors (Lipinski definition) is 9. The van der Waals surface area contributed by atoms with Gasteiger partial charge in [0.1, 0.15) is 17.2 Å². The van der Waals surface area contributed by atoms with Crippen LogP contribution in [0, 0.1) is 17.8 Å². The number of rotatable bonds is 21. The van der Waals surface area contributed by atoms with Crippen LogP contribution in [0.5, 0.6) is 17.2 Å². The Bertz CT molecular complexity index is 2220. The largest absolute Gasteiger partial charge is 0.426 e. The van der Waals surface area contributed by atoms with E-state index in [1.807, 2.05) is 77.0 Å². The topological polar surface area (TPSA) is 116 Å². The molecular weight excluding hydrogens is 1070 g/mol. The molecule has 3 amide bonds. The quantitative estimate of drug-likeness (QED) is 0.0961. The smallest absolute Gasteiger partial charge is 0.413 e. The average molecular weight is 1180 g/mol. The molecule has 0 spiro atoms. The summed E-state index contributed by atoms with van der Waals surface area (Å²) < 4.78 is 42.7. The van der Waals surface area contributed by atoms with Crippen LogP contribution in [0.15, 0.2) is 36.4 Å². The van der Waals surface area contributed by atoms with Crippen molar-refractivity contribution in [2.45, 2.75) is 239 Å². The zero-order valence-electron chi connectivity index (χ0n) is 55.4. The summed E-state index contributed by atoms with van der Waals surface area (Å²) in [5.41, 5.74) is 6.54. The molecule has 0 aromatic heterocycles. The zero-order valence-corrected chi connectivity index (χ0v) is 58.1. The number of hydrogen-bond donors (Lipinski definition) is 0. The molecule has 0 aliphatic carbocycles. The molecule has 1 aliphatic heterocycles. The molecule has 1 aliphatic rings. The van der Waals surface area contributed by atoms with Gasteiger partial charge in [-0.15, -0.1) is 0 Å². The minimum Gasteiger partial charge on any atom is -0.426 e. The summed E-state index contributed by atoms with van der Waals surface area (Å²) in [6, 6.07) is 13.2. The summed E-state index contributed by atoms with van der Waals surface area (Å²) in [6.45, 7) is 61.4. The van der Waals surface area contributed by atoms with Crippen LogP contribution in [0.1, 0.15) is 237 Å². The Morgan fingerprint density at radius 3 is 0.654 bits per heavy atom. The molecule has 0 saturated carbocycles. The predicted molar refractivity (Wildman–Crippen MR) is 340 cm³/mol. The van der Waals surface area contributed by atoms with Crippen molar-refractivity contribution >= 4 is 43.5 Å². The number of amides is 3. The molecule has 3 aromatic rings. The lowest BCUT2D eigenvalue weighted by atomic mass is 9.77. The summed E-state index contributed by atoms with van der Waals surface area (Å²) in [4.78, 5) is 46.8. The van der Waals surface area contributed by atoms with Crippen molar-refractivity contribution in [3.05, 3.63) is 86.5 Å². The van der Waals surface area contributed by atoms with E-state index in [1.165, 1.54) is 0 Å². The first-order chi connectivity index (χ1) is 37.1. The van der Waals surface area contributed by atoms with E-state index in [0.717, 1.165) is 50.1 Å². The maximum atomic E-state index is 13.7. The third-order valence-electron chi connectivity index (χ3n) is 15.3. The number of carbonyl (C=O) groups is 3. The van der Waals surface area contributed by atoms with Gasteiger partial charge in [-0.2, -0.15) is 0 Å². The maximum Gasteiger partial charge on any atom is 0.413 e. The third kappa shape index (κ3) is 18.3. The van der Waals surface area contributed by atoms with Crippen molar-refractivity contribution < 1.29 is 40.9 Å². The van der Waals surface area contributed by atoms with Gasteiger partial charge in [-0.05, 0) is 110 Å². The Balaban J connectivity index is 2.02. The first-order valence-electron chi connectivity index (χ1n) is 30.0. The Labute approximate surface area is 496 Å². The summed E-state index contributed by atoms with van der Waals surface area (Å²) in [5.74, 6) is 1.72. The van der Waals surface area contributed by atoms with Crippen molar-refractivity contribution in [1.82, 2.24) is 14.7 Å². The highest BCUT2D eigenvalue weighted by Crippen LogP contribution is 2.73. The summed E-state index contributed by atoms with van der Waals surface area (Å²) in [7, 11) is -6.84. The second-order valence-corrected chi connectivity index (χ2v) is 32.4. The van der Waals surface area contributed by atoms with Gasteiger partial charge in [0.2, 0.25) is 17.7 Å². The Morgan fingerprint density at radius 2 is 0.519 bits per heavy atom. The van der Waals surface area contributed by atoms with Crippen molar-refractivity contribution in [1.29, 1.82) is 0 Å². The minimum atomic E-state index is -2.28. The van der Waals surface area contributed by atoms with Gasteiger partial charge < -0.3 is 28.3 Å². The van der Waals surface area contributed by atoms with Crippen LogP contribution in [0.3, 0.4) is 0 Å². The van der Waals surface area contributed by atoms with E-state index in [1.54, 1.807) is 0 Å². The second-order valence-electron chi connectivity index (χ2n) is 28.6. The lowest BCUT2D eigenvalue weighted by molar-refractivity contribution is -0.135. The molecule has 456 valence electrons. The van der Waals surface area contributed by atoms with Crippen LogP contribution >= 0.6 is 25.8 Å². The first-order valence-corrected chi connectivity index (χ1v) is 33.3. The first kappa shape index (κ1) is 70.1. The van der Waals surface area contributed by atoms with Crippen molar-refractivity contribution in [3.63, 3.8) is 0 Å². The molecule has 0 radical (unpaired) electrons. The average Bonchev–Trinajstić information content (AvgIpc) is 3.48. The number of nitrogens with zero attached hydrogens (tertiary/aromatic N) is 3. The van der Waals surface area contributed by atoms with Gasteiger partial charge in [0, 0.05) is 90.4 Å². The fourth-order valence-electron chi connectivity index (χ4n) is 10.5. The molecule has 4 rings (SSSR count). The Kier molecular flexibility index (Phi) is 24.0. The predicted octanol–water partition coefficient (Wildman–Crippen LogP) is 17.9. The van der Waals surface area contributed by atoms with Gasteiger partial charge in [0.25, 0.3) is 0 Å². The van der Waals surface area contributed by atoms with Gasteiger partial charge in [-0.1, -0.05) is 182 Å². The molecule has 1 saturated heterocycles. The van der Waals surface area contributed by atoms with Gasteiger partial charge in [0.15, 0.2) is 0 Å². The molecule has 3 aromatic carbocycles. The highest BCUT2D eigenvalue weighted by Gasteiger charge is 2.46. The molecule has 12 nitrogen and oxygen atoms in total. The SMILES string of the molecule is CCN(CC)C(=O)C(C)Cc1cc(C(C)(C)C)c(OP2OP(Oc3c(C(C)(C)C)cc(CC(C)C(=O)N(CC)CC)cc3C(C)(C)C)OP(Oc3c(C(C)(C)C)cc(CC(C)C(=O)N(CC)CC)cc3C(C)(C)C)O2)c(C(C)(C)C)c1. The van der Waals surface area contributed by atoms with Crippen molar-refractivity contribution in [3.8, 4) is 17.2 Å². The fraction of sp³-hybridized carbons (Fsp3) is 0.682. The van der Waals surface area contributed by atoms with Gasteiger partial charge >= 0.3 is 25.8 Å². The maximum absolute atomic E-state index is 13.7. The van der Waals surface area contributed by atoms with Crippen LogP contribution in [0.25, 0.3) is 0 Å². The van der Waals surface area contributed by atoms with E-state index in [2.05, 4.69) is 161 Å². The van der Waals surface area contributed by atoms with Crippen LogP contribution in [0.4, 0.5) is 0 Å². The summed E-state index contributed by atoms with van der Waals surface area (Å²) >= 11 is 0. The molecule has 3 unspecified atom stereocenters. The zero-order chi connectivity index (χ0) is 61.7. The minimum absolute atomic E-state index is 0.141. The fourth-order valence-corrected chi connectivity index (χ4v) is 14.8. The standard InChI is InChI=1S/C66H108N3O9P3/c1-28-67(29-2)58(70)43(7)34-46-37-49(61(10,11)12)55(50(38-46)62(13,14)15)73-79-76-80(74-56-51(63(16,17)18)39-47(40-52(56)64(19,20)21)35-44(8)59(71)68(30-3)31-4)78-81(77-79)75-57-53(65(22,23)24)41-48(42-54(57)66(25,26)27)36-45(9)60(72)69(32-5)33-6/h37-45H,28-36H2,1-27H3. The Morgan fingerprint density at radius 1 is 0.358 bits per heavy atom. The normalized spacial score (nSPS) is 17.7. The second kappa shape index (κ2) is 27.8. The van der Waals surface area contributed by atoms with E-state index in [4.69, 9.17) is 26.5 Å². The van der Waals surface area contributed by atoms with Gasteiger partial charge in [-0.25, -0.2) is 12.9 Å². The van der Waals surface area contributed by atoms with E-state index < -0.39 is 58.3 Å². The van der Waals surface area contributed by atoms with Crippen molar-refractivity contribution in [2.75, 3.05) is 39.3 Å². The van der Waals surface area contributed by atoms with E-state index in [9.17, 15) is 14.4 Å². The molecule has 15 heteroatoms. The highest BCUT2D eigenvalue weighted by atomic mass is 31.3. The lowest BCUT2D eigenvalue weighted by Crippen LogP contribution is -2.35. The van der Waals surface area contributed by atoms with Crippen LogP contribution < -0.4 is 13.6 Å². The molecule has 1 heterocycles. The van der Waals surface area contributed by atoms with E-state index >= 15 is 0 Å². The third-order valence-corrected chi connectivity index (χ3v) is 19.5. The Hall–Kier alpha value is -3.36.